The Labute approximate surface area is 286 Å². The van der Waals surface area contributed by atoms with Crippen LogP contribution in [-0.4, -0.2) is 9.97 Å². The van der Waals surface area contributed by atoms with Crippen molar-refractivity contribution in [2.45, 2.75) is 0 Å². The second kappa shape index (κ2) is 9.49. The van der Waals surface area contributed by atoms with Gasteiger partial charge in [-0.25, -0.2) is 0 Å². The molecule has 0 aliphatic rings. The number of aromatic nitrogens is 2. The van der Waals surface area contributed by atoms with Gasteiger partial charge in [0, 0.05) is 35.9 Å². The molecule has 0 saturated heterocycles. The summed E-state index contributed by atoms with van der Waals surface area (Å²) >= 11 is 0. The molecule has 10 aromatic carbocycles. The van der Waals surface area contributed by atoms with E-state index in [4.69, 9.17) is 0 Å². The minimum absolute atomic E-state index is 1.12. The van der Waals surface area contributed by atoms with E-state index >= 15 is 0 Å². The Kier molecular flexibility index (Phi) is 5.00. The molecule has 0 bridgehead atoms. The monoisotopic (exact) mass is 630 g/mol. The van der Waals surface area contributed by atoms with E-state index in [9.17, 15) is 0 Å². The smallest absolute Gasteiger partial charge is 0.0346 e. The lowest BCUT2D eigenvalue weighted by Gasteiger charge is -2.17. The molecule has 0 fully saturated rings. The summed E-state index contributed by atoms with van der Waals surface area (Å²) in [6, 6.07) is 49.6. The average Bonchev–Trinajstić information content (AvgIpc) is 3.67. The summed E-state index contributed by atoms with van der Waals surface area (Å²) in [5.74, 6) is 0. The SMILES string of the molecule is c1cncc(-c2c3cc4c(cc3c(-c3cccnc3)c3c5cc6ccccc6c6cccc(c23)c65)c2cccc3c5ccccc5cc4c32)c1. The van der Waals surface area contributed by atoms with Crippen molar-refractivity contribution in [3.63, 3.8) is 0 Å². The van der Waals surface area contributed by atoms with Crippen LogP contribution >= 0.6 is 0 Å². The van der Waals surface area contributed by atoms with Gasteiger partial charge in [0.25, 0.3) is 0 Å². The third-order valence-corrected chi connectivity index (χ3v) is 11.2. The van der Waals surface area contributed by atoms with Crippen LogP contribution in [0, 0.1) is 0 Å². The molecule has 0 amide bonds. The zero-order chi connectivity index (χ0) is 32.5. The van der Waals surface area contributed by atoms with Crippen molar-refractivity contribution < 1.29 is 0 Å². The molecule has 0 saturated carbocycles. The second-order valence-electron chi connectivity index (χ2n) is 13.7. The maximum Gasteiger partial charge on any atom is 0.0346 e. The van der Waals surface area contributed by atoms with Gasteiger partial charge >= 0.3 is 0 Å². The van der Waals surface area contributed by atoms with Crippen molar-refractivity contribution in [2.24, 2.45) is 0 Å². The number of pyridine rings is 2. The first-order valence-corrected chi connectivity index (χ1v) is 17.2. The predicted molar refractivity (Wildman–Crippen MR) is 213 cm³/mol. The lowest BCUT2D eigenvalue weighted by Crippen LogP contribution is -1.90. The van der Waals surface area contributed by atoms with Gasteiger partial charge in [-0.3, -0.25) is 9.97 Å². The highest BCUT2D eigenvalue weighted by atomic mass is 14.6. The standard InChI is InChI=1S/C48H26N2/c1-3-13-31-27(9-1)21-39-38-24-41-40(23-37(38)35-17-5-15-33(31)45(35)39)44(30-12-8-20-50-26-30)48-42-22-28-10-2-4-14-32(28)34-16-6-18-36(46(34)42)47(48)43(41)29-11-7-19-49-25-29/h1-26H. The first-order chi connectivity index (χ1) is 24.8. The quantitative estimate of drug-likeness (QED) is 0.178. The topological polar surface area (TPSA) is 25.8 Å². The molecule has 2 nitrogen and oxygen atoms in total. The van der Waals surface area contributed by atoms with E-state index in [2.05, 4.69) is 143 Å². The molecule has 2 heteroatoms. The summed E-state index contributed by atoms with van der Waals surface area (Å²) in [7, 11) is 0. The normalized spacial score (nSPS) is 12.4. The van der Waals surface area contributed by atoms with Crippen molar-refractivity contribution >= 4 is 97.0 Å². The zero-order valence-electron chi connectivity index (χ0n) is 26.9. The van der Waals surface area contributed by atoms with Gasteiger partial charge in [0.05, 0.1) is 0 Å². The molecule has 0 spiro atoms. The van der Waals surface area contributed by atoms with Crippen LogP contribution < -0.4 is 0 Å². The van der Waals surface area contributed by atoms with Crippen LogP contribution in [0.5, 0.6) is 0 Å². The molecule has 0 aliphatic carbocycles. The van der Waals surface area contributed by atoms with Crippen molar-refractivity contribution in [1.82, 2.24) is 9.97 Å². The van der Waals surface area contributed by atoms with Gasteiger partial charge in [0.2, 0.25) is 0 Å². The Hall–Kier alpha value is -6.64. The van der Waals surface area contributed by atoms with Crippen molar-refractivity contribution in [3.05, 3.63) is 158 Å². The van der Waals surface area contributed by atoms with E-state index < -0.39 is 0 Å². The maximum absolute atomic E-state index is 4.68. The molecule has 0 aliphatic heterocycles. The number of nitrogens with zero attached hydrogens (tertiary/aromatic N) is 2. The maximum atomic E-state index is 4.68. The summed E-state index contributed by atoms with van der Waals surface area (Å²) in [6.45, 7) is 0. The number of rotatable bonds is 2. The first kappa shape index (κ1) is 26.3. The fraction of sp³-hybridized carbons (Fsp3) is 0. The molecule has 0 N–H and O–H groups in total. The summed E-state index contributed by atoms with van der Waals surface area (Å²) in [5, 5.41) is 23.1. The Bertz CT molecular complexity index is 3350. The first-order valence-electron chi connectivity index (χ1n) is 17.2. The van der Waals surface area contributed by atoms with Crippen LogP contribution in [0.3, 0.4) is 0 Å². The van der Waals surface area contributed by atoms with Gasteiger partial charge in [-0.05, 0) is 144 Å². The number of hydrogen-bond donors (Lipinski definition) is 0. The zero-order valence-corrected chi connectivity index (χ0v) is 26.9. The van der Waals surface area contributed by atoms with Crippen LogP contribution in [0.25, 0.3) is 119 Å². The van der Waals surface area contributed by atoms with E-state index in [-0.39, 0.29) is 0 Å². The number of benzene rings is 8. The predicted octanol–water partition coefficient (Wildman–Crippen LogP) is 13.1. The largest absolute Gasteiger partial charge is 0.264 e. The Morgan fingerprint density at radius 3 is 1.32 bits per heavy atom. The van der Waals surface area contributed by atoms with Crippen LogP contribution in [0.4, 0.5) is 0 Å². The van der Waals surface area contributed by atoms with Crippen LogP contribution in [0.1, 0.15) is 0 Å². The molecule has 228 valence electrons. The molecule has 12 rings (SSSR count). The highest BCUT2D eigenvalue weighted by Gasteiger charge is 2.26. The molecular formula is C48H26N2. The lowest BCUT2D eigenvalue weighted by molar-refractivity contribution is 1.33. The van der Waals surface area contributed by atoms with E-state index in [0.29, 0.717) is 0 Å². The van der Waals surface area contributed by atoms with Crippen LogP contribution in [0.2, 0.25) is 0 Å². The molecule has 12 aromatic rings. The van der Waals surface area contributed by atoms with Crippen molar-refractivity contribution in [1.29, 1.82) is 0 Å². The molecule has 0 atom stereocenters. The van der Waals surface area contributed by atoms with Gasteiger partial charge in [-0.2, -0.15) is 0 Å². The summed E-state index contributed by atoms with van der Waals surface area (Å²) in [4.78, 5) is 9.36. The molecule has 2 aromatic heterocycles. The van der Waals surface area contributed by atoms with Gasteiger partial charge in [0.15, 0.2) is 0 Å². The minimum atomic E-state index is 1.12. The Balaban J connectivity index is 1.41. The Morgan fingerprint density at radius 2 is 0.740 bits per heavy atom. The van der Waals surface area contributed by atoms with E-state index in [1.54, 1.807) is 0 Å². The Morgan fingerprint density at radius 1 is 0.280 bits per heavy atom. The summed E-state index contributed by atoms with van der Waals surface area (Å²) < 4.78 is 0. The molecule has 0 radical (unpaired) electrons. The fourth-order valence-corrected chi connectivity index (χ4v) is 9.31. The molecule has 2 heterocycles. The minimum Gasteiger partial charge on any atom is -0.264 e. The molecule has 0 unspecified atom stereocenters. The average molecular weight is 631 g/mol. The van der Waals surface area contributed by atoms with E-state index in [0.717, 1.165) is 11.1 Å². The van der Waals surface area contributed by atoms with Gasteiger partial charge in [-0.15, -0.1) is 0 Å². The van der Waals surface area contributed by atoms with Gasteiger partial charge in [-0.1, -0.05) is 97.1 Å². The van der Waals surface area contributed by atoms with Crippen molar-refractivity contribution in [2.75, 3.05) is 0 Å². The second-order valence-corrected chi connectivity index (χ2v) is 13.7. The number of fused-ring (bicyclic) bond motifs is 11. The third kappa shape index (κ3) is 3.28. The summed E-state index contributed by atoms with van der Waals surface area (Å²) in [5.41, 5.74) is 4.72. The van der Waals surface area contributed by atoms with Crippen LogP contribution in [-0.2, 0) is 0 Å². The van der Waals surface area contributed by atoms with Gasteiger partial charge < -0.3 is 0 Å². The highest BCUT2D eigenvalue weighted by molar-refractivity contribution is 6.44. The van der Waals surface area contributed by atoms with E-state index in [1.807, 2.05) is 24.8 Å². The van der Waals surface area contributed by atoms with Gasteiger partial charge in [0.1, 0.15) is 0 Å². The van der Waals surface area contributed by atoms with Crippen molar-refractivity contribution in [3.8, 4) is 22.3 Å². The summed E-state index contributed by atoms with van der Waals surface area (Å²) in [6.07, 6.45) is 7.82. The molecular weight excluding hydrogens is 605 g/mol. The lowest BCUT2D eigenvalue weighted by atomic mass is 9.86. The van der Waals surface area contributed by atoms with E-state index in [1.165, 1.54) is 108 Å². The molecule has 50 heavy (non-hydrogen) atoms. The third-order valence-electron chi connectivity index (χ3n) is 11.2. The fourth-order valence-electron chi connectivity index (χ4n) is 9.31. The number of hydrogen-bond acceptors (Lipinski definition) is 2. The van der Waals surface area contributed by atoms with Crippen LogP contribution in [0.15, 0.2) is 158 Å². The highest BCUT2D eigenvalue weighted by Crippen LogP contribution is 2.54.